The fourth-order valence-corrected chi connectivity index (χ4v) is 1.50. The van der Waals surface area contributed by atoms with Gasteiger partial charge in [-0.25, -0.2) is 0 Å². The van der Waals surface area contributed by atoms with Crippen LogP contribution in [0.1, 0.15) is 4.79 Å². The molecule has 0 aliphatic rings. The summed E-state index contributed by atoms with van der Waals surface area (Å²) in [5.74, 6) is -2.14. The standard InChI is InChI=1S/C8H2Cl2F3N3O/c9-3-1-5-6(2-4(3)10)16(15-14-5)7(17)8(11,12)13/h1-2H. The van der Waals surface area contributed by atoms with E-state index in [1.54, 1.807) is 0 Å². The molecule has 0 unspecified atom stereocenters. The van der Waals surface area contributed by atoms with Gasteiger partial charge < -0.3 is 0 Å². The van der Waals surface area contributed by atoms with E-state index in [0.717, 1.165) is 6.07 Å². The molecule has 0 saturated carbocycles. The number of hydrogen-bond donors (Lipinski definition) is 0. The fraction of sp³-hybridized carbons (Fsp3) is 0.125. The average Bonchev–Trinajstić information content (AvgIpc) is 2.59. The first-order chi connectivity index (χ1) is 7.80. The number of hydrogen-bond acceptors (Lipinski definition) is 3. The summed E-state index contributed by atoms with van der Waals surface area (Å²) in [5.41, 5.74) is -0.0984. The second-order valence-corrected chi connectivity index (χ2v) is 3.87. The van der Waals surface area contributed by atoms with Crippen LogP contribution in [0, 0.1) is 0 Å². The summed E-state index contributed by atoms with van der Waals surface area (Å²) in [6.45, 7) is 0. The number of benzene rings is 1. The molecule has 90 valence electrons. The van der Waals surface area contributed by atoms with E-state index in [1.807, 2.05) is 0 Å². The van der Waals surface area contributed by atoms with Crippen LogP contribution in [0.5, 0.6) is 0 Å². The zero-order valence-corrected chi connectivity index (χ0v) is 9.31. The molecule has 0 atom stereocenters. The van der Waals surface area contributed by atoms with Crippen LogP contribution in [-0.2, 0) is 0 Å². The van der Waals surface area contributed by atoms with Gasteiger partial charge in [-0.05, 0) is 12.1 Å². The van der Waals surface area contributed by atoms with E-state index < -0.39 is 12.1 Å². The van der Waals surface area contributed by atoms with Gasteiger partial charge in [0.05, 0.1) is 15.6 Å². The minimum absolute atomic E-state index is 0.0118. The lowest BCUT2D eigenvalue weighted by molar-refractivity contribution is -0.0953. The molecule has 9 heteroatoms. The molecular formula is C8H2Cl2F3N3O. The molecule has 4 nitrogen and oxygen atoms in total. The van der Waals surface area contributed by atoms with Gasteiger partial charge >= 0.3 is 12.1 Å². The normalized spacial score (nSPS) is 12.1. The van der Waals surface area contributed by atoms with Crippen LogP contribution in [0.4, 0.5) is 13.2 Å². The van der Waals surface area contributed by atoms with Gasteiger partial charge in [-0.2, -0.15) is 17.9 Å². The van der Waals surface area contributed by atoms with Crippen LogP contribution in [0.3, 0.4) is 0 Å². The smallest absolute Gasteiger partial charge is 0.262 e. The maximum absolute atomic E-state index is 12.2. The van der Waals surface area contributed by atoms with Gasteiger partial charge in [0.1, 0.15) is 5.52 Å². The highest BCUT2D eigenvalue weighted by Crippen LogP contribution is 2.28. The molecule has 0 radical (unpaired) electrons. The van der Waals surface area contributed by atoms with Crippen LogP contribution in [0.2, 0.25) is 10.0 Å². The van der Waals surface area contributed by atoms with Gasteiger partial charge in [0.25, 0.3) is 0 Å². The van der Waals surface area contributed by atoms with Crippen molar-refractivity contribution in [3.05, 3.63) is 22.2 Å². The number of alkyl halides is 3. The van der Waals surface area contributed by atoms with Gasteiger partial charge in [-0.1, -0.05) is 28.4 Å². The van der Waals surface area contributed by atoms with Crippen LogP contribution < -0.4 is 0 Å². The Labute approximate surface area is 102 Å². The Kier molecular flexibility index (Phi) is 2.75. The SMILES string of the molecule is O=C(n1nnc2cc(Cl)c(Cl)cc21)C(F)(F)F. The van der Waals surface area contributed by atoms with Crippen LogP contribution >= 0.6 is 23.2 Å². The van der Waals surface area contributed by atoms with E-state index in [2.05, 4.69) is 10.3 Å². The third-order valence-electron chi connectivity index (χ3n) is 1.92. The summed E-state index contributed by atoms with van der Waals surface area (Å²) in [4.78, 5) is 11.0. The molecule has 0 bridgehead atoms. The molecule has 1 aromatic heterocycles. The lowest BCUT2D eigenvalue weighted by Crippen LogP contribution is -2.29. The Balaban J connectivity index is 2.65. The second-order valence-electron chi connectivity index (χ2n) is 3.06. The third-order valence-corrected chi connectivity index (χ3v) is 2.64. The first-order valence-electron chi connectivity index (χ1n) is 4.12. The summed E-state index contributed by atoms with van der Waals surface area (Å²) in [5, 5.41) is 6.66. The van der Waals surface area contributed by atoms with Crippen molar-refractivity contribution in [3.63, 3.8) is 0 Å². The molecule has 0 amide bonds. The number of aromatic nitrogens is 3. The Bertz CT molecular complexity index is 608. The monoisotopic (exact) mass is 283 g/mol. The lowest BCUT2D eigenvalue weighted by atomic mass is 10.3. The van der Waals surface area contributed by atoms with E-state index in [4.69, 9.17) is 23.2 Å². The fourth-order valence-electron chi connectivity index (χ4n) is 1.19. The van der Waals surface area contributed by atoms with Crippen LogP contribution in [0.15, 0.2) is 12.1 Å². The molecule has 1 aromatic carbocycles. The number of fused-ring (bicyclic) bond motifs is 1. The summed E-state index contributed by atoms with van der Waals surface area (Å²) in [7, 11) is 0. The van der Waals surface area contributed by atoms with Gasteiger partial charge in [0, 0.05) is 0 Å². The summed E-state index contributed by atoms with van der Waals surface area (Å²) in [6.07, 6.45) is -5.03. The first-order valence-corrected chi connectivity index (χ1v) is 4.88. The van der Waals surface area contributed by atoms with Crippen LogP contribution in [-0.4, -0.2) is 27.1 Å². The van der Waals surface area contributed by atoms with Crippen molar-refractivity contribution in [3.8, 4) is 0 Å². The van der Waals surface area contributed by atoms with Crippen molar-refractivity contribution in [1.82, 2.24) is 15.0 Å². The first kappa shape index (κ1) is 12.1. The molecule has 0 fully saturated rings. The lowest BCUT2D eigenvalue weighted by Gasteiger charge is -2.04. The summed E-state index contributed by atoms with van der Waals surface area (Å²) < 4.78 is 36.8. The Hall–Kier alpha value is -1.34. The molecule has 2 rings (SSSR count). The predicted octanol–water partition coefficient (Wildman–Crippen LogP) is 2.94. The van der Waals surface area contributed by atoms with Crippen molar-refractivity contribution in [1.29, 1.82) is 0 Å². The minimum atomic E-state index is -5.03. The van der Waals surface area contributed by atoms with E-state index in [-0.39, 0.29) is 25.8 Å². The Morgan fingerprint density at radius 2 is 1.82 bits per heavy atom. The molecule has 0 N–H and O–H groups in total. The number of carbonyl (C=O) groups is 1. The maximum Gasteiger partial charge on any atom is 0.473 e. The number of rotatable bonds is 0. The van der Waals surface area contributed by atoms with Gasteiger partial charge in [-0.3, -0.25) is 4.79 Å². The topological polar surface area (TPSA) is 47.8 Å². The molecule has 1 heterocycles. The predicted molar refractivity (Wildman–Crippen MR) is 54.2 cm³/mol. The number of halogens is 5. The highest BCUT2D eigenvalue weighted by atomic mass is 35.5. The number of nitrogens with zero attached hydrogens (tertiary/aromatic N) is 3. The highest BCUT2D eigenvalue weighted by Gasteiger charge is 2.41. The van der Waals surface area contributed by atoms with Crippen molar-refractivity contribution < 1.29 is 18.0 Å². The molecule has 0 saturated heterocycles. The largest absolute Gasteiger partial charge is 0.473 e. The third kappa shape index (κ3) is 2.07. The van der Waals surface area contributed by atoms with Gasteiger partial charge in [-0.15, -0.1) is 5.10 Å². The average molecular weight is 284 g/mol. The molecule has 17 heavy (non-hydrogen) atoms. The van der Waals surface area contributed by atoms with E-state index in [1.165, 1.54) is 6.07 Å². The second kappa shape index (κ2) is 3.85. The number of carbonyl (C=O) groups excluding carboxylic acids is 1. The van der Waals surface area contributed by atoms with Gasteiger partial charge in [0.15, 0.2) is 0 Å². The quantitative estimate of drug-likeness (QED) is 0.747. The van der Waals surface area contributed by atoms with Crippen molar-refractivity contribution in [2.45, 2.75) is 6.18 Å². The minimum Gasteiger partial charge on any atom is -0.262 e. The molecule has 0 aliphatic heterocycles. The van der Waals surface area contributed by atoms with Crippen LogP contribution in [0.25, 0.3) is 11.0 Å². The van der Waals surface area contributed by atoms with Crippen molar-refractivity contribution >= 4 is 40.1 Å². The molecule has 0 spiro atoms. The maximum atomic E-state index is 12.2. The van der Waals surface area contributed by atoms with E-state index in [9.17, 15) is 18.0 Å². The molecule has 0 aliphatic carbocycles. The Morgan fingerprint density at radius 1 is 1.24 bits per heavy atom. The zero-order chi connectivity index (χ0) is 12.8. The summed E-state index contributed by atoms with van der Waals surface area (Å²) in [6, 6.07) is 2.33. The zero-order valence-electron chi connectivity index (χ0n) is 7.79. The van der Waals surface area contributed by atoms with Crippen molar-refractivity contribution in [2.24, 2.45) is 0 Å². The van der Waals surface area contributed by atoms with Crippen molar-refractivity contribution in [2.75, 3.05) is 0 Å². The summed E-state index contributed by atoms with van der Waals surface area (Å²) >= 11 is 11.3. The Morgan fingerprint density at radius 3 is 2.41 bits per heavy atom. The molecule has 2 aromatic rings. The molecular weight excluding hydrogens is 282 g/mol. The highest BCUT2D eigenvalue weighted by molar-refractivity contribution is 6.42. The van der Waals surface area contributed by atoms with Gasteiger partial charge in [0.2, 0.25) is 0 Å². The van der Waals surface area contributed by atoms with E-state index in [0.29, 0.717) is 0 Å². The van der Waals surface area contributed by atoms with E-state index >= 15 is 0 Å².